The van der Waals surface area contributed by atoms with Gasteiger partial charge in [-0.2, -0.15) is 4.31 Å². The van der Waals surface area contributed by atoms with E-state index in [0.29, 0.717) is 15.1 Å². The lowest BCUT2D eigenvalue weighted by molar-refractivity contribution is -0.133. The fourth-order valence-electron chi connectivity index (χ4n) is 3.52. The van der Waals surface area contributed by atoms with E-state index in [-0.39, 0.29) is 15.5 Å². The van der Waals surface area contributed by atoms with Gasteiger partial charge in [0.25, 0.3) is 0 Å². The molecule has 0 saturated carbocycles. The third kappa shape index (κ3) is 4.18. The van der Waals surface area contributed by atoms with Crippen LogP contribution in [0.5, 0.6) is 0 Å². The van der Waals surface area contributed by atoms with Crippen molar-refractivity contribution >= 4 is 55.1 Å². The molecule has 0 radical (unpaired) electrons. The smallest absolute Gasteiger partial charge is 0.333 e. The van der Waals surface area contributed by atoms with Gasteiger partial charge in [0.05, 0.1) is 26.6 Å². The highest BCUT2D eigenvalue weighted by Crippen LogP contribution is 2.47. The van der Waals surface area contributed by atoms with Crippen LogP contribution in [0.3, 0.4) is 0 Å². The van der Waals surface area contributed by atoms with Gasteiger partial charge in [-0.3, -0.25) is 0 Å². The van der Waals surface area contributed by atoms with Crippen molar-refractivity contribution in [2.45, 2.75) is 37.8 Å². The summed E-state index contributed by atoms with van der Waals surface area (Å²) in [6, 6.07) is 9.36. The molecule has 1 unspecified atom stereocenters. The lowest BCUT2D eigenvalue weighted by atomic mass is 9.87. The molecule has 0 spiro atoms. The van der Waals surface area contributed by atoms with E-state index >= 15 is 0 Å². The summed E-state index contributed by atoms with van der Waals surface area (Å²) in [7, 11) is -4.09. The van der Waals surface area contributed by atoms with Gasteiger partial charge in [-0.05, 0) is 51.2 Å². The molecule has 1 aliphatic rings. The molecule has 0 aromatic heterocycles. The summed E-state index contributed by atoms with van der Waals surface area (Å²) in [6.07, 6.45) is 1.52. The number of carboxylic acids is 1. The fraction of sp³-hybridized carbons (Fsp3) is 0.286. The summed E-state index contributed by atoms with van der Waals surface area (Å²) in [5.74, 6) is -1.19. The summed E-state index contributed by atoms with van der Waals surface area (Å²) in [5.41, 5.74) is -0.163. The average molecular weight is 533 g/mol. The quantitative estimate of drug-likeness (QED) is 0.529. The van der Waals surface area contributed by atoms with Crippen molar-refractivity contribution in [3.63, 3.8) is 0 Å². The molecule has 5 nitrogen and oxygen atoms in total. The van der Waals surface area contributed by atoms with E-state index in [2.05, 4.69) is 15.9 Å². The van der Waals surface area contributed by atoms with Crippen LogP contribution in [0.1, 0.15) is 32.4 Å². The first kappa shape index (κ1) is 23.3. The zero-order valence-electron chi connectivity index (χ0n) is 16.4. The highest BCUT2D eigenvalue weighted by molar-refractivity contribution is 9.10. The number of hydrogen-bond acceptors (Lipinski definition) is 3. The number of sulfonamides is 1. The molecule has 1 heterocycles. The van der Waals surface area contributed by atoms with Crippen LogP contribution in [0.2, 0.25) is 10.0 Å². The minimum Gasteiger partial charge on any atom is -0.478 e. The van der Waals surface area contributed by atoms with Crippen LogP contribution >= 0.6 is 39.1 Å². The Morgan fingerprint density at radius 3 is 2.27 bits per heavy atom. The van der Waals surface area contributed by atoms with Gasteiger partial charge in [-0.15, -0.1) is 0 Å². The molecule has 2 atom stereocenters. The van der Waals surface area contributed by atoms with E-state index < -0.39 is 33.5 Å². The van der Waals surface area contributed by atoms with Crippen molar-refractivity contribution < 1.29 is 18.3 Å². The highest BCUT2D eigenvalue weighted by atomic mass is 79.9. The molecule has 30 heavy (non-hydrogen) atoms. The van der Waals surface area contributed by atoms with Crippen LogP contribution in [-0.2, 0) is 14.8 Å². The Labute approximate surface area is 194 Å². The molecule has 9 heteroatoms. The number of halogens is 3. The molecule has 0 aliphatic carbocycles. The Morgan fingerprint density at radius 1 is 1.10 bits per heavy atom. The minimum absolute atomic E-state index is 0.0241. The van der Waals surface area contributed by atoms with E-state index in [4.69, 9.17) is 23.2 Å². The van der Waals surface area contributed by atoms with Crippen LogP contribution in [0, 0.1) is 5.41 Å². The predicted octanol–water partition coefficient (Wildman–Crippen LogP) is 5.93. The molecular weight excluding hydrogens is 513 g/mol. The topological polar surface area (TPSA) is 74.7 Å². The summed E-state index contributed by atoms with van der Waals surface area (Å²) in [5, 5.41) is 10.4. The molecule has 1 aliphatic heterocycles. The largest absolute Gasteiger partial charge is 0.478 e. The van der Waals surface area contributed by atoms with Gasteiger partial charge >= 0.3 is 5.97 Å². The van der Waals surface area contributed by atoms with E-state index in [1.54, 1.807) is 24.3 Å². The Balaban J connectivity index is 2.30. The summed E-state index contributed by atoms with van der Waals surface area (Å²) >= 11 is 15.5. The van der Waals surface area contributed by atoms with Crippen molar-refractivity contribution in [3.8, 4) is 0 Å². The summed E-state index contributed by atoms with van der Waals surface area (Å²) < 4.78 is 29.3. The Kier molecular flexibility index (Phi) is 6.43. The number of nitrogens with zero attached hydrogens (tertiary/aromatic N) is 1. The fourth-order valence-corrected chi connectivity index (χ4v) is 6.70. The first-order valence-electron chi connectivity index (χ1n) is 9.03. The van der Waals surface area contributed by atoms with Gasteiger partial charge in [0.2, 0.25) is 10.0 Å². The zero-order chi connectivity index (χ0) is 22.4. The number of hydrogen-bond donors (Lipinski definition) is 1. The molecule has 2 aromatic carbocycles. The van der Waals surface area contributed by atoms with E-state index in [9.17, 15) is 18.3 Å². The molecule has 0 saturated heterocycles. The van der Waals surface area contributed by atoms with Gasteiger partial charge in [0.1, 0.15) is 0 Å². The first-order chi connectivity index (χ1) is 13.9. The maximum absolute atomic E-state index is 13.8. The van der Waals surface area contributed by atoms with Crippen LogP contribution < -0.4 is 0 Å². The van der Waals surface area contributed by atoms with Gasteiger partial charge in [-0.1, -0.05) is 68.2 Å². The number of benzene rings is 2. The van der Waals surface area contributed by atoms with Crippen LogP contribution in [0.4, 0.5) is 0 Å². The first-order valence-corrected chi connectivity index (χ1v) is 12.0. The lowest BCUT2D eigenvalue weighted by Crippen LogP contribution is -2.45. The van der Waals surface area contributed by atoms with Crippen molar-refractivity contribution in [1.29, 1.82) is 0 Å². The Hall–Kier alpha value is -1.38. The normalized spacial score (nSPS) is 20.3. The number of aliphatic carboxylic acids is 1. The van der Waals surface area contributed by atoms with E-state index in [1.165, 1.54) is 28.6 Å². The molecule has 0 bridgehead atoms. The van der Waals surface area contributed by atoms with Crippen molar-refractivity contribution in [2.24, 2.45) is 5.41 Å². The third-order valence-corrected chi connectivity index (χ3v) is 8.54. The van der Waals surface area contributed by atoms with E-state index in [1.807, 2.05) is 20.8 Å². The Bertz CT molecular complexity index is 1140. The zero-order valence-corrected chi connectivity index (χ0v) is 20.3. The minimum atomic E-state index is -4.09. The highest BCUT2D eigenvalue weighted by Gasteiger charge is 2.50. The Morgan fingerprint density at radius 2 is 1.73 bits per heavy atom. The molecule has 0 amide bonds. The van der Waals surface area contributed by atoms with Gasteiger partial charge in [-0.25, -0.2) is 13.2 Å². The van der Waals surface area contributed by atoms with Crippen LogP contribution in [0.25, 0.3) is 0 Å². The van der Waals surface area contributed by atoms with Crippen molar-refractivity contribution in [1.82, 2.24) is 4.31 Å². The third-order valence-electron chi connectivity index (χ3n) is 4.95. The second-order valence-corrected chi connectivity index (χ2v) is 11.6. The molecular formula is C21H20BrCl2NO4S. The molecule has 0 fully saturated rings. The van der Waals surface area contributed by atoms with E-state index in [0.717, 1.165) is 0 Å². The summed E-state index contributed by atoms with van der Waals surface area (Å²) in [4.78, 5) is 12.2. The monoisotopic (exact) mass is 531 g/mol. The predicted molar refractivity (Wildman–Crippen MR) is 121 cm³/mol. The second-order valence-electron chi connectivity index (χ2n) is 8.08. The summed E-state index contributed by atoms with van der Waals surface area (Å²) in [6.45, 7) is 5.61. The molecule has 2 aromatic rings. The average Bonchev–Trinajstić information content (AvgIpc) is 3.06. The van der Waals surface area contributed by atoms with Gasteiger partial charge < -0.3 is 5.11 Å². The van der Waals surface area contributed by atoms with Gasteiger partial charge in [0, 0.05) is 10.5 Å². The van der Waals surface area contributed by atoms with Crippen LogP contribution in [-0.4, -0.2) is 29.8 Å². The number of rotatable bonds is 4. The lowest BCUT2D eigenvalue weighted by Gasteiger charge is -2.37. The molecule has 3 rings (SSSR count). The number of carboxylic acid groups (broad SMARTS) is 1. The SMILES string of the molecule is CC(C)(C)[C@@H]1C=C(C(=O)O)C(c2ccc(Cl)c(Cl)c2)N1S(=O)(=O)c1ccccc1Br. The second kappa shape index (κ2) is 8.28. The maximum Gasteiger partial charge on any atom is 0.333 e. The van der Waals surface area contributed by atoms with Crippen molar-refractivity contribution in [2.75, 3.05) is 0 Å². The molecule has 1 N–H and O–H groups in total. The van der Waals surface area contributed by atoms with Crippen LogP contribution in [0.15, 0.2) is 63.5 Å². The maximum atomic E-state index is 13.8. The molecule has 160 valence electrons. The number of carbonyl (C=O) groups is 1. The van der Waals surface area contributed by atoms with Gasteiger partial charge in [0.15, 0.2) is 0 Å². The standard InChI is InChI=1S/C21H20BrCl2NO4S/c1-21(2,3)18-11-13(20(26)27)19(12-8-9-15(23)16(24)10-12)25(18)30(28,29)17-7-5-4-6-14(17)22/h4-11,18-19H,1-3H3,(H,26,27)/t18-,19?/m0/s1. The van der Waals surface area contributed by atoms with Crippen molar-refractivity contribution in [3.05, 3.63) is 74.2 Å².